The Kier molecular flexibility index (Phi) is 3.76. The maximum absolute atomic E-state index is 4.76. The van der Waals surface area contributed by atoms with E-state index in [4.69, 9.17) is 4.98 Å². The maximum Gasteiger partial charge on any atom is 0.186 e. The first-order chi connectivity index (χ1) is 9.63. The van der Waals surface area contributed by atoms with Crippen LogP contribution < -0.4 is 10.2 Å². The third kappa shape index (κ3) is 2.72. The molecule has 2 heterocycles. The van der Waals surface area contributed by atoms with Gasteiger partial charge in [0.1, 0.15) is 0 Å². The predicted molar refractivity (Wildman–Crippen MR) is 85.2 cm³/mol. The monoisotopic (exact) mass is 287 g/mol. The van der Waals surface area contributed by atoms with Crippen molar-refractivity contribution in [1.82, 2.24) is 10.3 Å². The van der Waals surface area contributed by atoms with Crippen LogP contribution in [0.3, 0.4) is 0 Å². The Morgan fingerprint density at radius 2 is 1.90 bits per heavy atom. The minimum atomic E-state index is 0.510. The topological polar surface area (TPSA) is 28.2 Å². The van der Waals surface area contributed by atoms with Gasteiger partial charge >= 0.3 is 0 Å². The molecule has 3 rings (SSSR count). The molecule has 2 aromatic rings. The van der Waals surface area contributed by atoms with Gasteiger partial charge in [0.05, 0.1) is 5.69 Å². The molecule has 0 bridgehead atoms. The van der Waals surface area contributed by atoms with Crippen molar-refractivity contribution in [2.45, 2.75) is 46.4 Å². The molecule has 0 saturated carbocycles. The number of rotatable bonds is 4. The zero-order valence-electron chi connectivity index (χ0n) is 12.3. The highest BCUT2D eigenvalue weighted by Crippen LogP contribution is 2.32. The second-order valence-electron chi connectivity index (χ2n) is 5.67. The summed E-state index contributed by atoms with van der Waals surface area (Å²) in [5, 5.41) is 4.63. The number of hydrogen-bond donors (Lipinski definition) is 1. The third-order valence-corrected chi connectivity index (χ3v) is 4.88. The van der Waals surface area contributed by atoms with E-state index in [9.17, 15) is 0 Å². The number of aromatic nitrogens is 1. The number of nitrogens with one attached hydrogen (secondary N) is 1. The van der Waals surface area contributed by atoms with Gasteiger partial charge in [0.15, 0.2) is 5.13 Å². The molecule has 0 saturated heterocycles. The lowest BCUT2D eigenvalue weighted by molar-refractivity contribution is 0.591. The predicted octanol–water partition coefficient (Wildman–Crippen LogP) is 3.47. The SMILES string of the molecule is Cc1nc(N2Cc3ccccc3C2)sc1CNC(C)C. The molecular formula is C16H21N3S. The molecule has 4 heteroatoms. The number of hydrogen-bond acceptors (Lipinski definition) is 4. The van der Waals surface area contributed by atoms with Crippen LogP contribution in [0, 0.1) is 6.92 Å². The number of thiazole rings is 1. The van der Waals surface area contributed by atoms with E-state index in [0.717, 1.165) is 30.5 Å². The van der Waals surface area contributed by atoms with Gasteiger partial charge < -0.3 is 10.2 Å². The summed E-state index contributed by atoms with van der Waals surface area (Å²) in [5.74, 6) is 0. The van der Waals surface area contributed by atoms with Crippen LogP contribution in [0.15, 0.2) is 24.3 Å². The van der Waals surface area contributed by atoms with Gasteiger partial charge in [-0.3, -0.25) is 0 Å². The van der Waals surface area contributed by atoms with Crippen molar-refractivity contribution in [3.63, 3.8) is 0 Å². The van der Waals surface area contributed by atoms with E-state index in [2.05, 4.69) is 55.3 Å². The number of nitrogens with zero attached hydrogens (tertiary/aromatic N) is 2. The highest BCUT2D eigenvalue weighted by Gasteiger charge is 2.21. The normalized spacial score (nSPS) is 14.1. The summed E-state index contributed by atoms with van der Waals surface area (Å²) in [6.45, 7) is 9.35. The summed E-state index contributed by atoms with van der Waals surface area (Å²) >= 11 is 1.82. The molecule has 0 amide bonds. The largest absolute Gasteiger partial charge is 0.339 e. The van der Waals surface area contributed by atoms with E-state index in [1.165, 1.54) is 16.0 Å². The van der Waals surface area contributed by atoms with Crippen molar-refractivity contribution >= 4 is 16.5 Å². The van der Waals surface area contributed by atoms with E-state index in [-0.39, 0.29) is 0 Å². The van der Waals surface area contributed by atoms with Crippen LogP contribution in [0.2, 0.25) is 0 Å². The smallest absolute Gasteiger partial charge is 0.186 e. The van der Waals surface area contributed by atoms with Crippen LogP contribution in [-0.2, 0) is 19.6 Å². The number of aryl methyl sites for hydroxylation is 1. The van der Waals surface area contributed by atoms with Crippen LogP contribution in [0.1, 0.15) is 35.5 Å². The molecule has 1 N–H and O–H groups in total. The Balaban J connectivity index is 1.75. The summed E-state index contributed by atoms with van der Waals surface area (Å²) < 4.78 is 0. The molecule has 20 heavy (non-hydrogen) atoms. The molecule has 0 radical (unpaired) electrons. The van der Waals surface area contributed by atoms with Gasteiger partial charge in [-0.2, -0.15) is 0 Å². The summed E-state index contributed by atoms with van der Waals surface area (Å²) in [5.41, 5.74) is 4.03. The van der Waals surface area contributed by atoms with E-state index < -0.39 is 0 Å². The van der Waals surface area contributed by atoms with Crippen LogP contribution in [0.4, 0.5) is 5.13 Å². The molecule has 0 spiro atoms. The molecule has 1 aliphatic rings. The van der Waals surface area contributed by atoms with E-state index in [1.54, 1.807) is 0 Å². The highest BCUT2D eigenvalue weighted by atomic mass is 32.1. The van der Waals surface area contributed by atoms with Crippen LogP contribution >= 0.6 is 11.3 Å². The molecule has 1 aromatic carbocycles. The summed E-state index contributed by atoms with van der Waals surface area (Å²) in [4.78, 5) is 8.49. The minimum absolute atomic E-state index is 0.510. The van der Waals surface area contributed by atoms with E-state index in [1.807, 2.05) is 11.3 Å². The minimum Gasteiger partial charge on any atom is -0.339 e. The fraction of sp³-hybridized carbons (Fsp3) is 0.438. The molecule has 0 fully saturated rings. The Labute approximate surface area is 124 Å². The average Bonchev–Trinajstić information content (AvgIpc) is 2.99. The highest BCUT2D eigenvalue weighted by molar-refractivity contribution is 7.15. The van der Waals surface area contributed by atoms with E-state index >= 15 is 0 Å². The van der Waals surface area contributed by atoms with Gasteiger partial charge in [-0.25, -0.2) is 4.98 Å². The first-order valence-electron chi connectivity index (χ1n) is 7.15. The quantitative estimate of drug-likeness (QED) is 0.933. The zero-order chi connectivity index (χ0) is 14.1. The van der Waals surface area contributed by atoms with Crippen molar-refractivity contribution in [3.05, 3.63) is 46.0 Å². The first-order valence-corrected chi connectivity index (χ1v) is 7.96. The lowest BCUT2D eigenvalue weighted by Crippen LogP contribution is -2.21. The number of benzene rings is 1. The third-order valence-electron chi connectivity index (χ3n) is 3.66. The molecule has 106 valence electrons. The summed E-state index contributed by atoms with van der Waals surface area (Å²) in [6.07, 6.45) is 0. The van der Waals surface area contributed by atoms with Crippen molar-refractivity contribution in [2.75, 3.05) is 4.90 Å². The standard InChI is InChI=1S/C16H21N3S/c1-11(2)17-8-15-12(3)18-16(20-15)19-9-13-6-4-5-7-14(13)10-19/h4-7,11,17H,8-10H2,1-3H3. The van der Waals surface area contributed by atoms with Crippen LogP contribution in [0.25, 0.3) is 0 Å². The lowest BCUT2D eigenvalue weighted by atomic mass is 10.1. The average molecular weight is 287 g/mol. The fourth-order valence-corrected chi connectivity index (χ4v) is 3.49. The van der Waals surface area contributed by atoms with Crippen molar-refractivity contribution < 1.29 is 0 Å². The maximum atomic E-state index is 4.76. The van der Waals surface area contributed by atoms with Gasteiger partial charge in [-0.15, -0.1) is 11.3 Å². The molecule has 3 nitrogen and oxygen atoms in total. The zero-order valence-corrected chi connectivity index (χ0v) is 13.1. The Hall–Kier alpha value is -1.39. The van der Waals surface area contributed by atoms with Crippen molar-refractivity contribution in [1.29, 1.82) is 0 Å². The Bertz CT molecular complexity index is 579. The van der Waals surface area contributed by atoms with Crippen LogP contribution in [0.5, 0.6) is 0 Å². The first kappa shape index (κ1) is 13.6. The van der Waals surface area contributed by atoms with Crippen molar-refractivity contribution in [3.8, 4) is 0 Å². The second-order valence-corrected chi connectivity index (χ2v) is 6.73. The van der Waals surface area contributed by atoms with Crippen molar-refractivity contribution in [2.24, 2.45) is 0 Å². The van der Waals surface area contributed by atoms with Gasteiger partial charge in [0.2, 0.25) is 0 Å². The molecule has 0 aliphatic carbocycles. The fourth-order valence-electron chi connectivity index (χ4n) is 2.48. The molecular weight excluding hydrogens is 266 g/mol. The summed E-state index contributed by atoms with van der Waals surface area (Å²) in [6, 6.07) is 9.19. The number of fused-ring (bicyclic) bond motifs is 1. The second kappa shape index (κ2) is 5.54. The van der Waals surface area contributed by atoms with Gasteiger partial charge in [0, 0.05) is 30.6 Å². The molecule has 0 atom stereocenters. The van der Waals surface area contributed by atoms with E-state index in [0.29, 0.717) is 6.04 Å². The number of anilines is 1. The molecule has 1 aromatic heterocycles. The lowest BCUT2D eigenvalue weighted by Gasteiger charge is -2.12. The summed E-state index contributed by atoms with van der Waals surface area (Å²) in [7, 11) is 0. The Morgan fingerprint density at radius 1 is 1.25 bits per heavy atom. The molecule has 1 aliphatic heterocycles. The Morgan fingerprint density at radius 3 is 2.50 bits per heavy atom. The van der Waals surface area contributed by atoms with Gasteiger partial charge in [0.25, 0.3) is 0 Å². The van der Waals surface area contributed by atoms with Gasteiger partial charge in [-0.05, 0) is 18.1 Å². The molecule has 0 unspecified atom stereocenters. The van der Waals surface area contributed by atoms with Gasteiger partial charge in [-0.1, -0.05) is 38.1 Å². The van der Waals surface area contributed by atoms with Crippen LogP contribution in [-0.4, -0.2) is 11.0 Å².